The molecule has 0 atom stereocenters. The standard InChI is InChI=1S/C22H19ClN2O3S/c1-16-6-9-19(10-7-16)25-29(27,28)20-13-11-18(12-14-20)24-22(26)15-8-17-4-2-3-5-21(17)23/h2-15,25H,1H3,(H,24,26)/b15-8+. The number of hydrogen-bond donors (Lipinski definition) is 2. The fourth-order valence-electron chi connectivity index (χ4n) is 2.51. The molecule has 0 spiro atoms. The molecule has 0 aliphatic heterocycles. The molecule has 0 heterocycles. The van der Waals surface area contributed by atoms with E-state index in [1.807, 2.05) is 31.2 Å². The van der Waals surface area contributed by atoms with Crippen molar-refractivity contribution in [3.05, 3.63) is 95.0 Å². The first-order chi connectivity index (χ1) is 13.8. The third-order valence-electron chi connectivity index (χ3n) is 4.06. The number of rotatable bonds is 6. The first-order valence-corrected chi connectivity index (χ1v) is 10.6. The van der Waals surface area contributed by atoms with Crippen LogP contribution in [-0.4, -0.2) is 14.3 Å². The molecule has 0 fully saturated rings. The zero-order chi connectivity index (χ0) is 20.9. The molecule has 7 heteroatoms. The van der Waals surface area contributed by atoms with Crippen molar-refractivity contribution in [2.75, 3.05) is 10.0 Å². The van der Waals surface area contributed by atoms with Crippen molar-refractivity contribution in [2.45, 2.75) is 11.8 Å². The van der Waals surface area contributed by atoms with Crippen LogP contribution in [0.1, 0.15) is 11.1 Å². The van der Waals surface area contributed by atoms with Crippen molar-refractivity contribution < 1.29 is 13.2 Å². The number of carbonyl (C=O) groups is 1. The predicted octanol–water partition coefficient (Wildman–Crippen LogP) is 5.10. The molecule has 0 aliphatic carbocycles. The molecule has 3 aromatic carbocycles. The van der Waals surface area contributed by atoms with Crippen LogP contribution in [-0.2, 0) is 14.8 Å². The molecule has 0 aromatic heterocycles. The van der Waals surface area contributed by atoms with Crippen LogP contribution in [0.3, 0.4) is 0 Å². The monoisotopic (exact) mass is 426 g/mol. The normalized spacial score (nSPS) is 11.4. The Morgan fingerprint density at radius 3 is 2.17 bits per heavy atom. The second-order valence-corrected chi connectivity index (χ2v) is 8.43. The van der Waals surface area contributed by atoms with Gasteiger partial charge in [0.1, 0.15) is 0 Å². The van der Waals surface area contributed by atoms with E-state index in [4.69, 9.17) is 11.6 Å². The maximum atomic E-state index is 12.5. The topological polar surface area (TPSA) is 75.3 Å². The highest BCUT2D eigenvalue weighted by Gasteiger charge is 2.14. The lowest BCUT2D eigenvalue weighted by Gasteiger charge is -2.09. The number of anilines is 2. The molecule has 0 unspecified atom stereocenters. The Kier molecular flexibility index (Phi) is 6.36. The van der Waals surface area contributed by atoms with Gasteiger partial charge in [-0.05, 0) is 61.0 Å². The Labute approximate surface area is 175 Å². The molecule has 0 bridgehead atoms. The lowest BCUT2D eigenvalue weighted by atomic mass is 10.2. The summed E-state index contributed by atoms with van der Waals surface area (Å²) in [4.78, 5) is 12.2. The molecule has 5 nitrogen and oxygen atoms in total. The SMILES string of the molecule is Cc1ccc(NS(=O)(=O)c2ccc(NC(=O)/C=C/c3ccccc3Cl)cc2)cc1. The third kappa shape index (κ3) is 5.70. The molecular weight excluding hydrogens is 408 g/mol. The fourth-order valence-corrected chi connectivity index (χ4v) is 3.77. The van der Waals surface area contributed by atoms with Crippen LogP contribution in [0, 0.1) is 6.92 Å². The van der Waals surface area contributed by atoms with Gasteiger partial charge in [0.25, 0.3) is 10.0 Å². The summed E-state index contributed by atoms with van der Waals surface area (Å²) >= 11 is 6.05. The van der Waals surface area contributed by atoms with Crippen molar-refractivity contribution in [3.8, 4) is 0 Å². The molecule has 0 radical (unpaired) electrons. The van der Waals surface area contributed by atoms with Gasteiger partial charge in [-0.2, -0.15) is 0 Å². The number of carbonyl (C=O) groups excluding carboxylic acids is 1. The van der Waals surface area contributed by atoms with Gasteiger partial charge < -0.3 is 5.32 Å². The molecule has 3 rings (SSSR count). The molecule has 29 heavy (non-hydrogen) atoms. The van der Waals surface area contributed by atoms with Crippen LogP contribution >= 0.6 is 11.6 Å². The molecule has 0 saturated heterocycles. The van der Waals surface area contributed by atoms with Crippen LogP contribution in [0.2, 0.25) is 5.02 Å². The van der Waals surface area contributed by atoms with Crippen molar-refractivity contribution in [1.82, 2.24) is 0 Å². The van der Waals surface area contributed by atoms with Crippen LogP contribution in [0.15, 0.2) is 83.8 Å². The van der Waals surface area contributed by atoms with Crippen LogP contribution < -0.4 is 10.0 Å². The quantitative estimate of drug-likeness (QED) is 0.538. The average molecular weight is 427 g/mol. The van der Waals surface area contributed by atoms with Gasteiger partial charge in [0.05, 0.1) is 4.90 Å². The minimum absolute atomic E-state index is 0.0997. The van der Waals surface area contributed by atoms with E-state index in [2.05, 4.69) is 10.0 Å². The first kappa shape index (κ1) is 20.6. The smallest absolute Gasteiger partial charge is 0.261 e. The highest BCUT2D eigenvalue weighted by Crippen LogP contribution is 2.19. The van der Waals surface area contributed by atoms with Gasteiger partial charge in [0.2, 0.25) is 5.91 Å². The molecule has 0 saturated carbocycles. The van der Waals surface area contributed by atoms with Crippen LogP contribution in [0.5, 0.6) is 0 Å². The van der Waals surface area contributed by atoms with Crippen LogP contribution in [0.25, 0.3) is 6.08 Å². The Hall–Kier alpha value is -3.09. The summed E-state index contributed by atoms with van der Waals surface area (Å²) in [6.07, 6.45) is 2.98. The van der Waals surface area contributed by atoms with Gasteiger partial charge in [0.15, 0.2) is 0 Å². The number of nitrogens with one attached hydrogen (secondary N) is 2. The molecule has 0 aliphatic rings. The Bertz CT molecular complexity index is 1140. The Morgan fingerprint density at radius 1 is 0.897 bits per heavy atom. The van der Waals surface area contributed by atoms with E-state index >= 15 is 0 Å². The zero-order valence-corrected chi connectivity index (χ0v) is 17.2. The van der Waals surface area contributed by atoms with Crippen molar-refractivity contribution in [2.24, 2.45) is 0 Å². The van der Waals surface area contributed by atoms with Gasteiger partial charge in [0, 0.05) is 22.5 Å². The van der Waals surface area contributed by atoms with Gasteiger partial charge >= 0.3 is 0 Å². The number of amides is 1. The second kappa shape index (κ2) is 8.94. The maximum absolute atomic E-state index is 12.5. The van der Waals surface area contributed by atoms with E-state index in [1.165, 1.54) is 30.3 Å². The summed E-state index contributed by atoms with van der Waals surface area (Å²) < 4.78 is 27.5. The summed E-state index contributed by atoms with van der Waals surface area (Å²) in [6, 6.07) is 20.2. The van der Waals surface area contributed by atoms with E-state index < -0.39 is 10.0 Å². The molecular formula is C22H19ClN2O3S. The number of aryl methyl sites for hydroxylation is 1. The van der Waals surface area contributed by atoms with Crippen LogP contribution in [0.4, 0.5) is 11.4 Å². The minimum atomic E-state index is -3.71. The summed E-state index contributed by atoms with van der Waals surface area (Å²) in [5, 5.41) is 3.23. The number of halogens is 1. The zero-order valence-electron chi connectivity index (χ0n) is 15.6. The lowest BCUT2D eigenvalue weighted by molar-refractivity contribution is -0.111. The summed E-state index contributed by atoms with van der Waals surface area (Å²) in [5.74, 6) is -0.349. The highest BCUT2D eigenvalue weighted by molar-refractivity contribution is 7.92. The molecule has 3 aromatic rings. The van der Waals surface area contributed by atoms with E-state index in [-0.39, 0.29) is 10.8 Å². The molecule has 1 amide bonds. The Balaban J connectivity index is 1.65. The Morgan fingerprint density at radius 2 is 1.52 bits per heavy atom. The predicted molar refractivity (Wildman–Crippen MR) is 118 cm³/mol. The van der Waals surface area contributed by atoms with Gasteiger partial charge in [-0.1, -0.05) is 47.5 Å². The largest absolute Gasteiger partial charge is 0.323 e. The van der Waals surface area contributed by atoms with E-state index in [9.17, 15) is 13.2 Å². The molecule has 2 N–H and O–H groups in total. The maximum Gasteiger partial charge on any atom is 0.261 e. The number of sulfonamides is 1. The molecule has 148 valence electrons. The van der Waals surface area contributed by atoms with Gasteiger partial charge in [-0.3, -0.25) is 9.52 Å². The highest BCUT2D eigenvalue weighted by atomic mass is 35.5. The minimum Gasteiger partial charge on any atom is -0.323 e. The first-order valence-electron chi connectivity index (χ1n) is 8.77. The summed E-state index contributed by atoms with van der Waals surface area (Å²) in [5.41, 5.74) is 2.73. The van der Waals surface area contributed by atoms with E-state index in [0.29, 0.717) is 16.4 Å². The van der Waals surface area contributed by atoms with E-state index in [1.54, 1.807) is 30.3 Å². The average Bonchev–Trinajstić information content (AvgIpc) is 2.69. The van der Waals surface area contributed by atoms with Crippen molar-refractivity contribution in [3.63, 3.8) is 0 Å². The van der Waals surface area contributed by atoms with Crippen molar-refractivity contribution in [1.29, 1.82) is 0 Å². The second-order valence-electron chi connectivity index (χ2n) is 6.34. The van der Waals surface area contributed by atoms with E-state index in [0.717, 1.165) is 11.1 Å². The van der Waals surface area contributed by atoms with Gasteiger partial charge in [-0.25, -0.2) is 8.42 Å². The number of benzene rings is 3. The fraction of sp³-hybridized carbons (Fsp3) is 0.0455. The van der Waals surface area contributed by atoms with Gasteiger partial charge in [-0.15, -0.1) is 0 Å². The third-order valence-corrected chi connectivity index (χ3v) is 5.80. The lowest BCUT2D eigenvalue weighted by Crippen LogP contribution is -2.13. The number of hydrogen-bond acceptors (Lipinski definition) is 3. The van der Waals surface area contributed by atoms with Crippen molar-refractivity contribution >= 4 is 45.0 Å². The summed E-state index contributed by atoms with van der Waals surface area (Å²) in [7, 11) is -3.71. The summed E-state index contributed by atoms with van der Waals surface area (Å²) in [6.45, 7) is 1.93.